The van der Waals surface area contributed by atoms with E-state index in [0.717, 1.165) is 71.1 Å². The highest BCUT2D eigenvalue weighted by Crippen LogP contribution is 2.48. The van der Waals surface area contributed by atoms with Gasteiger partial charge in [0.25, 0.3) is 0 Å². The van der Waals surface area contributed by atoms with Gasteiger partial charge in [-0.25, -0.2) is 0 Å². The molecule has 0 radical (unpaired) electrons. The molecule has 0 spiro atoms. The molecule has 4 aliphatic rings. The summed E-state index contributed by atoms with van der Waals surface area (Å²) in [5.74, 6) is 3.41. The van der Waals surface area contributed by atoms with E-state index in [-0.39, 0.29) is 10.8 Å². The van der Waals surface area contributed by atoms with Crippen LogP contribution in [0.15, 0.2) is 254 Å². The van der Waals surface area contributed by atoms with E-state index in [1.165, 1.54) is 67.0 Å². The van der Waals surface area contributed by atoms with E-state index < -0.39 is 0 Å². The number of rotatable bonds is 12. The molecule has 370 valence electrons. The number of fused-ring (bicyclic) bond motifs is 8. The molecule has 0 fully saturated rings. The highest BCUT2D eigenvalue weighted by molar-refractivity contribution is 6.05. The fraction of sp³-hybridized carbons (Fsp3) is 0.143. The zero-order valence-corrected chi connectivity index (χ0v) is 43.5. The molecule has 9 aromatic rings. The van der Waals surface area contributed by atoms with Crippen molar-refractivity contribution in [2.75, 3.05) is 38.0 Å². The molecule has 9 aromatic carbocycles. The standard InChI is InChI=1S/C70H60N4O2/c1-71-59-31-17-15-29-57(59)69(45-49-21-7-5-8-22-49,63(71)33-19-35-65-73(3)61-43-41-53-25-11-13-27-55(53)67(61)75-65)47-51-37-39-52(40-38-51)48-70(46-50-23-9-6-10-24-50)58-30-16-18-32-60(58)72(2)64(70)34-20-36-66-74(4)62-44-42-54-26-12-14-28-56(54)68(62)76-66/h5-44H,45-48H2,1-4H3/q+2. The molecule has 76 heavy (non-hydrogen) atoms. The molecule has 6 heteroatoms. The van der Waals surface area contributed by atoms with Crippen LogP contribution in [0.25, 0.3) is 21.5 Å². The predicted octanol–water partition coefficient (Wildman–Crippen LogP) is 14.7. The molecule has 4 heterocycles. The van der Waals surface area contributed by atoms with Gasteiger partial charge in [-0.2, -0.15) is 9.15 Å². The molecular weight excluding hydrogens is 929 g/mol. The zero-order chi connectivity index (χ0) is 51.4. The number of ether oxygens (including phenoxy) is 2. The minimum absolute atomic E-state index is 0.363. The summed E-state index contributed by atoms with van der Waals surface area (Å²) >= 11 is 0. The Labute approximate surface area is 446 Å². The lowest BCUT2D eigenvalue weighted by molar-refractivity contribution is -0.401. The van der Waals surface area contributed by atoms with Crippen LogP contribution < -0.4 is 19.3 Å². The van der Waals surface area contributed by atoms with E-state index >= 15 is 0 Å². The Hall–Kier alpha value is -9.00. The summed E-state index contributed by atoms with van der Waals surface area (Å²) in [6.45, 7) is 0. The first-order valence-electron chi connectivity index (χ1n) is 26.5. The van der Waals surface area contributed by atoms with Gasteiger partial charge < -0.3 is 19.3 Å². The molecule has 0 aromatic heterocycles. The van der Waals surface area contributed by atoms with Gasteiger partial charge in [0.05, 0.1) is 22.2 Å². The molecule has 0 saturated carbocycles. The first-order valence-corrected chi connectivity index (χ1v) is 26.5. The van der Waals surface area contributed by atoms with Crippen molar-refractivity contribution in [2.24, 2.45) is 0 Å². The van der Waals surface area contributed by atoms with Crippen LogP contribution in [0.5, 0.6) is 11.5 Å². The highest BCUT2D eigenvalue weighted by atomic mass is 16.5. The largest absolute Gasteiger partial charge is 0.438 e. The molecule has 2 unspecified atom stereocenters. The normalized spacial score (nSPS) is 19.6. The summed E-state index contributed by atoms with van der Waals surface area (Å²) < 4.78 is 18.1. The van der Waals surface area contributed by atoms with Crippen LogP contribution in [0.3, 0.4) is 0 Å². The van der Waals surface area contributed by atoms with Crippen molar-refractivity contribution >= 4 is 55.7 Å². The predicted molar refractivity (Wildman–Crippen MR) is 312 cm³/mol. The molecule has 0 N–H and O–H groups in total. The summed E-state index contributed by atoms with van der Waals surface area (Å²) in [5.41, 5.74) is 14.3. The Morgan fingerprint density at radius 2 is 0.750 bits per heavy atom. The van der Waals surface area contributed by atoms with E-state index in [0.29, 0.717) is 0 Å². The summed E-state index contributed by atoms with van der Waals surface area (Å²) in [6, 6.07) is 75.1. The molecule has 0 amide bonds. The van der Waals surface area contributed by atoms with Gasteiger partial charge >= 0.3 is 0 Å². The minimum Gasteiger partial charge on any atom is -0.438 e. The molecule has 0 saturated heterocycles. The maximum absolute atomic E-state index is 6.62. The molecule has 0 aliphatic carbocycles. The summed E-state index contributed by atoms with van der Waals surface area (Å²) in [7, 11) is 8.62. The monoisotopic (exact) mass is 988 g/mol. The van der Waals surface area contributed by atoms with Crippen LogP contribution >= 0.6 is 0 Å². The Kier molecular flexibility index (Phi) is 11.7. The quantitative estimate of drug-likeness (QED) is 0.114. The van der Waals surface area contributed by atoms with Crippen molar-refractivity contribution in [1.29, 1.82) is 0 Å². The van der Waals surface area contributed by atoms with Crippen molar-refractivity contribution in [3.8, 4) is 11.5 Å². The second-order valence-electron chi connectivity index (χ2n) is 20.9. The summed E-state index contributed by atoms with van der Waals surface area (Å²) in [4.78, 5) is 4.29. The number of para-hydroxylation sites is 2. The second kappa shape index (κ2) is 19.0. The smallest absolute Gasteiger partial charge is 0.209 e. The lowest BCUT2D eigenvalue weighted by atomic mass is 9.68. The average Bonchev–Trinajstić information content (AvgIpc) is 4.12. The lowest BCUT2D eigenvalue weighted by Gasteiger charge is -2.29. The van der Waals surface area contributed by atoms with E-state index in [1.54, 1.807) is 0 Å². The van der Waals surface area contributed by atoms with Crippen molar-refractivity contribution in [1.82, 2.24) is 0 Å². The Morgan fingerprint density at radius 3 is 1.17 bits per heavy atom. The van der Waals surface area contributed by atoms with Crippen molar-refractivity contribution < 1.29 is 18.6 Å². The van der Waals surface area contributed by atoms with Crippen LogP contribution in [0.1, 0.15) is 33.4 Å². The molecule has 2 atom stereocenters. The fourth-order valence-corrected chi connectivity index (χ4v) is 12.8. The maximum atomic E-state index is 6.62. The van der Waals surface area contributed by atoms with Gasteiger partial charge in [-0.3, -0.25) is 0 Å². The minimum atomic E-state index is -0.363. The first-order chi connectivity index (χ1) is 37.3. The third kappa shape index (κ3) is 7.95. The van der Waals surface area contributed by atoms with Crippen LogP contribution in [0, 0.1) is 0 Å². The number of hydrogen-bond donors (Lipinski definition) is 0. The number of nitrogens with zero attached hydrogens (tertiary/aromatic N) is 4. The van der Waals surface area contributed by atoms with Crippen molar-refractivity contribution in [3.05, 3.63) is 288 Å². The summed E-state index contributed by atoms with van der Waals surface area (Å²) in [6.07, 6.45) is 16.6. The van der Waals surface area contributed by atoms with Gasteiger partial charge in [0.1, 0.15) is 14.1 Å². The number of anilines is 2. The Morgan fingerprint density at radius 1 is 0.395 bits per heavy atom. The van der Waals surface area contributed by atoms with Crippen LogP contribution in [0.2, 0.25) is 0 Å². The average molecular weight is 989 g/mol. The van der Waals surface area contributed by atoms with Crippen LogP contribution in [-0.2, 0) is 36.5 Å². The van der Waals surface area contributed by atoms with Gasteiger partial charge in [0.2, 0.25) is 11.4 Å². The van der Waals surface area contributed by atoms with E-state index in [9.17, 15) is 0 Å². The maximum Gasteiger partial charge on any atom is 0.209 e. The number of allylic oxidation sites excluding steroid dienone is 6. The number of benzene rings is 9. The molecular formula is C70H60N4O2+2. The van der Waals surface area contributed by atoms with Gasteiger partial charge in [0.15, 0.2) is 34.7 Å². The first kappa shape index (κ1) is 46.8. The van der Waals surface area contributed by atoms with Gasteiger partial charge in [-0.15, -0.1) is 0 Å². The zero-order valence-electron chi connectivity index (χ0n) is 43.5. The summed E-state index contributed by atoms with van der Waals surface area (Å²) in [5, 5.41) is 4.57. The van der Waals surface area contributed by atoms with Gasteiger partial charge in [-0.05, 0) is 83.0 Å². The highest BCUT2D eigenvalue weighted by Gasteiger charge is 2.52. The third-order valence-electron chi connectivity index (χ3n) is 16.5. The lowest BCUT2D eigenvalue weighted by Crippen LogP contribution is -2.39. The third-order valence-corrected chi connectivity index (χ3v) is 16.5. The Bertz CT molecular complexity index is 3680. The Balaban J connectivity index is 0.851. The van der Waals surface area contributed by atoms with Crippen molar-refractivity contribution in [2.45, 2.75) is 36.5 Å². The molecule has 0 bridgehead atoms. The fourth-order valence-electron chi connectivity index (χ4n) is 12.8. The molecule has 13 rings (SSSR count). The molecule has 4 aliphatic heterocycles. The van der Waals surface area contributed by atoms with E-state index in [2.05, 4.69) is 290 Å². The topological polar surface area (TPSA) is 31.0 Å². The van der Waals surface area contributed by atoms with Crippen LogP contribution in [0.4, 0.5) is 22.7 Å². The van der Waals surface area contributed by atoms with Gasteiger partial charge in [0, 0.05) is 60.3 Å². The SMILES string of the molecule is CN1/C(=C/C=C/C2=[N+](C)c3ccccc3C2(Cc2ccccc2)Cc2ccc(CC3(Cc4ccccc4)C(/C=C/C=C4\Oc5c(ccc6ccccc56)N4C)=[N+](C)c4ccccc43)cc2)Oc2c1ccc1ccccc21. The number of hydrogen-bond acceptors (Lipinski definition) is 4. The van der Waals surface area contributed by atoms with Gasteiger partial charge in [-0.1, -0.05) is 194 Å². The van der Waals surface area contributed by atoms with E-state index in [1.807, 2.05) is 0 Å². The second-order valence-corrected chi connectivity index (χ2v) is 20.9. The van der Waals surface area contributed by atoms with Crippen molar-refractivity contribution in [3.63, 3.8) is 0 Å². The van der Waals surface area contributed by atoms with Crippen LogP contribution in [-0.4, -0.2) is 48.8 Å². The van der Waals surface area contributed by atoms with E-state index in [4.69, 9.17) is 9.47 Å². The molecule has 6 nitrogen and oxygen atoms in total.